The maximum Gasteiger partial charge on any atom is 0.226 e. The average Bonchev–Trinajstić information content (AvgIpc) is 3.52. The van der Waals surface area contributed by atoms with Crippen LogP contribution in [0.5, 0.6) is 17.2 Å². The summed E-state index contributed by atoms with van der Waals surface area (Å²) < 4.78 is 16.6. The first-order valence-corrected chi connectivity index (χ1v) is 15.2. The van der Waals surface area contributed by atoms with Gasteiger partial charge in [0.25, 0.3) is 0 Å². The number of anilines is 1. The molecule has 216 valence electrons. The predicted octanol–water partition coefficient (Wildman–Crippen LogP) is 7.56. The number of carbonyl (C=O) groups is 1. The van der Waals surface area contributed by atoms with Gasteiger partial charge < -0.3 is 19.5 Å². The fraction of sp³-hybridized carbons (Fsp3) is 0.152. The zero-order chi connectivity index (χ0) is 30.2. The predicted molar refractivity (Wildman–Crippen MR) is 171 cm³/mol. The SMILES string of the molecule is COc1ccccc1-c1csc(NC(=O)CCSc2nc(-c3ccccc3)cc(-c3cccc(OC)c3OC)c2C#N)n1. The van der Waals surface area contributed by atoms with E-state index in [4.69, 9.17) is 19.2 Å². The van der Waals surface area contributed by atoms with Gasteiger partial charge in [-0.1, -0.05) is 54.6 Å². The minimum absolute atomic E-state index is 0.180. The van der Waals surface area contributed by atoms with Gasteiger partial charge in [-0.05, 0) is 24.3 Å². The van der Waals surface area contributed by atoms with Gasteiger partial charge in [0.1, 0.15) is 16.8 Å². The van der Waals surface area contributed by atoms with Crippen LogP contribution in [0.1, 0.15) is 12.0 Å². The number of thiazole rings is 1. The Morgan fingerprint density at radius 2 is 1.58 bits per heavy atom. The van der Waals surface area contributed by atoms with Crippen LogP contribution >= 0.6 is 23.1 Å². The number of nitrogens with one attached hydrogen (secondary N) is 1. The first-order chi connectivity index (χ1) is 21.1. The van der Waals surface area contributed by atoms with E-state index in [1.807, 2.05) is 84.2 Å². The van der Waals surface area contributed by atoms with Crippen molar-refractivity contribution in [2.45, 2.75) is 11.4 Å². The van der Waals surface area contributed by atoms with E-state index in [9.17, 15) is 10.1 Å². The van der Waals surface area contributed by atoms with Crippen LogP contribution in [0.3, 0.4) is 0 Å². The van der Waals surface area contributed by atoms with Crippen LogP contribution in [0.4, 0.5) is 5.13 Å². The molecule has 0 saturated heterocycles. The lowest BCUT2D eigenvalue weighted by Gasteiger charge is -2.16. The Morgan fingerprint density at radius 1 is 0.860 bits per heavy atom. The van der Waals surface area contributed by atoms with Crippen LogP contribution in [-0.2, 0) is 4.79 Å². The summed E-state index contributed by atoms with van der Waals surface area (Å²) in [7, 11) is 4.76. The van der Waals surface area contributed by atoms with Crippen molar-refractivity contribution < 1.29 is 19.0 Å². The van der Waals surface area contributed by atoms with Crippen molar-refractivity contribution in [1.29, 1.82) is 5.26 Å². The number of ether oxygens (including phenoxy) is 3. The second-order valence-corrected chi connectivity index (χ2v) is 11.1. The maximum atomic E-state index is 12.9. The smallest absolute Gasteiger partial charge is 0.226 e. The molecular weight excluding hydrogens is 581 g/mol. The molecule has 0 aliphatic carbocycles. The Labute approximate surface area is 258 Å². The molecule has 0 unspecified atom stereocenters. The molecule has 0 fully saturated rings. The zero-order valence-electron chi connectivity index (χ0n) is 23.8. The first-order valence-electron chi connectivity index (χ1n) is 13.3. The molecule has 0 aliphatic heterocycles. The van der Waals surface area contributed by atoms with Crippen molar-refractivity contribution in [1.82, 2.24) is 9.97 Å². The number of para-hydroxylation sites is 2. The number of nitrogens with zero attached hydrogens (tertiary/aromatic N) is 3. The van der Waals surface area contributed by atoms with Gasteiger partial charge >= 0.3 is 0 Å². The van der Waals surface area contributed by atoms with Crippen molar-refractivity contribution in [3.8, 4) is 57.0 Å². The minimum Gasteiger partial charge on any atom is -0.496 e. The maximum absolute atomic E-state index is 12.9. The third-order valence-corrected chi connectivity index (χ3v) is 8.30. The Hall–Kier alpha value is -4.85. The first kappa shape index (κ1) is 29.6. The van der Waals surface area contributed by atoms with Crippen molar-refractivity contribution >= 4 is 34.1 Å². The lowest BCUT2D eigenvalue weighted by Crippen LogP contribution is -2.12. The number of benzene rings is 3. The van der Waals surface area contributed by atoms with Crippen molar-refractivity contribution in [3.05, 3.63) is 89.8 Å². The number of carbonyl (C=O) groups excluding carboxylic acids is 1. The van der Waals surface area contributed by atoms with Crippen LogP contribution in [0.25, 0.3) is 33.6 Å². The second kappa shape index (κ2) is 13.9. The Balaban J connectivity index is 1.38. The van der Waals surface area contributed by atoms with Gasteiger partial charge in [-0.2, -0.15) is 5.26 Å². The third-order valence-electron chi connectivity index (χ3n) is 6.56. The van der Waals surface area contributed by atoms with Crippen LogP contribution in [0.2, 0.25) is 0 Å². The van der Waals surface area contributed by atoms with Gasteiger partial charge in [0.15, 0.2) is 16.6 Å². The summed E-state index contributed by atoms with van der Waals surface area (Å²) in [4.78, 5) is 22.3. The molecule has 2 heterocycles. The highest BCUT2D eigenvalue weighted by atomic mass is 32.2. The number of amides is 1. The summed E-state index contributed by atoms with van der Waals surface area (Å²) in [5.74, 6) is 2.03. The summed E-state index contributed by atoms with van der Waals surface area (Å²) >= 11 is 2.71. The largest absolute Gasteiger partial charge is 0.496 e. The van der Waals surface area contributed by atoms with Gasteiger partial charge in [0.2, 0.25) is 5.91 Å². The molecular formula is C33H28N4O4S2. The molecule has 0 saturated carbocycles. The molecule has 43 heavy (non-hydrogen) atoms. The monoisotopic (exact) mass is 608 g/mol. The number of hydrogen-bond acceptors (Lipinski definition) is 9. The number of rotatable bonds is 11. The lowest BCUT2D eigenvalue weighted by molar-refractivity contribution is -0.115. The Bertz CT molecular complexity index is 1780. The molecule has 0 radical (unpaired) electrons. The van der Waals surface area contributed by atoms with Gasteiger partial charge in [-0.15, -0.1) is 23.1 Å². The van der Waals surface area contributed by atoms with Crippen LogP contribution in [0.15, 0.2) is 89.3 Å². The van der Waals surface area contributed by atoms with E-state index in [-0.39, 0.29) is 12.3 Å². The zero-order valence-corrected chi connectivity index (χ0v) is 25.4. The number of methoxy groups -OCH3 is 3. The number of aromatic nitrogens is 2. The fourth-order valence-corrected chi connectivity index (χ4v) is 6.21. The molecule has 5 rings (SSSR count). The van der Waals surface area contributed by atoms with E-state index in [1.54, 1.807) is 21.3 Å². The highest BCUT2D eigenvalue weighted by Gasteiger charge is 2.21. The molecule has 2 aromatic heterocycles. The van der Waals surface area contributed by atoms with Gasteiger partial charge in [-0.25, -0.2) is 9.97 Å². The minimum atomic E-state index is -0.180. The average molecular weight is 609 g/mol. The van der Waals surface area contributed by atoms with Crippen LogP contribution < -0.4 is 19.5 Å². The second-order valence-electron chi connectivity index (χ2n) is 9.14. The van der Waals surface area contributed by atoms with Crippen LogP contribution in [0, 0.1) is 11.3 Å². The molecule has 0 atom stereocenters. The number of nitriles is 1. The highest BCUT2D eigenvalue weighted by Crippen LogP contribution is 2.42. The van der Waals surface area contributed by atoms with E-state index < -0.39 is 0 Å². The molecule has 8 nitrogen and oxygen atoms in total. The topological polar surface area (TPSA) is 106 Å². The van der Waals surface area contributed by atoms with E-state index in [2.05, 4.69) is 16.4 Å². The number of pyridine rings is 1. The molecule has 1 amide bonds. The third kappa shape index (κ3) is 6.64. The number of hydrogen-bond donors (Lipinski definition) is 1. The van der Waals surface area contributed by atoms with Crippen LogP contribution in [-0.4, -0.2) is 43.0 Å². The molecule has 10 heteroatoms. The van der Waals surface area contributed by atoms with Gasteiger partial charge in [0.05, 0.1) is 38.3 Å². The number of thioether (sulfide) groups is 1. The summed E-state index contributed by atoms with van der Waals surface area (Å²) in [6, 6.07) is 27.2. The van der Waals surface area contributed by atoms with Crippen molar-refractivity contribution in [2.75, 3.05) is 32.4 Å². The molecule has 3 aromatic carbocycles. The normalized spacial score (nSPS) is 10.6. The summed E-state index contributed by atoms with van der Waals surface area (Å²) in [5, 5.41) is 16.1. The van der Waals surface area contributed by atoms with Crippen molar-refractivity contribution in [2.24, 2.45) is 0 Å². The van der Waals surface area contributed by atoms with E-state index in [1.165, 1.54) is 23.1 Å². The van der Waals surface area contributed by atoms with E-state index in [0.717, 1.165) is 16.8 Å². The molecule has 1 N–H and O–H groups in total. The summed E-state index contributed by atoms with van der Waals surface area (Å²) in [5.41, 5.74) is 4.99. The van der Waals surface area contributed by atoms with Crippen molar-refractivity contribution in [3.63, 3.8) is 0 Å². The summed E-state index contributed by atoms with van der Waals surface area (Å²) in [6.07, 6.45) is 0.203. The summed E-state index contributed by atoms with van der Waals surface area (Å²) in [6.45, 7) is 0. The molecule has 0 aliphatic rings. The van der Waals surface area contributed by atoms with E-state index in [0.29, 0.717) is 55.5 Å². The van der Waals surface area contributed by atoms with E-state index >= 15 is 0 Å². The Morgan fingerprint density at radius 3 is 2.33 bits per heavy atom. The lowest BCUT2D eigenvalue weighted by atomic mass is 9.98. The standard InChI is InChI=1S/C33H28N4O4S2/c1-39-28-14-8-7-12-23(28)27-20-43-33(36-27)37-30(38)16-17-42-32-25(19-34)24(18-26(35-32)21-10-5-4-6-11-21)22-13-9-15-29(40-2)31(22)41-3/h4-15,18,20H,16-17H2,1-3H3,(H,36,37,38). The fourth-order valence-electron chi connectivity index (χ4n) is 4.54. The highest BCUT2D eigenvalue weighted by molar-refractivity contribution is 7.99. The molecule has 5 aromatic rings. The van der Waals surface area contributed by atoms with Gasteiger partial charge in [-0.3, -0.25) is 4.79 Å². The Kier molecular flexibility index (Phi) is 9.56. The quantitative estimate of drug-likeness (QED) is 0.153. The van der Waals surface area contributed by atoms with Gasteiger partial charge in [0, 0.05) is 39.8 Å². The molecule has 0 spiro atoms. The molecule has 0 bridgehead atoms.